The van der Waals surface area contributed by atoms with Gasteiger partial charge in [0.1, 0.15) is 5.69 Å². The number of nitrogens with two attached hydrogens (primary N) is 1. The standard InChI is InChI=1S/C18H22ClN3O2S.ClH/c19-14-3-1-13(2-4-14)18(6-9-24-10-7-18)12-21-17(23)15-11-25-16(22-15)5-8-20;/h1-4,11H,5-10,12,20H2,(H,21,23);1H. The molecule has 1 aromatic carbocycles. The van der Waals surface area contributed by atoms with E-state index in [0.29, 0.717) is 43.4 Å². The van der Waals surface area contributed by atoms with Gasteiger partial charge in [-0.05, 0) is 37.1 Å². The zero-order valence-electron chi connectivity index (χ0n) is 14.4. The molecule has 1 fully saturated rings. The van der Waals surface area contributed by atoms with E-state index in [1.165, 1.54) is 16.9 Å². The zero-order valence-corrected chi connectivity index (χ0v) is 16.8. The van der Waals surface area contributed by atoms with Gasteiger partial charge in [-0.1, -0.05) is 23.7 Å². The zero-order chi connectivity index (χ0) is 17.7. The van der Waals surface area contributed by atoms with Crippen LogP contribution in [0.3, 0.4) is 0 Å². The van der Waals surface area contributed by atoms with Gasteiger partial charge in [0.25, 0.3) is 5.91 Å². The predicted molar refractivity (Wildman–Crippen MR) is 108 cm³/mol. The summed E-state index contributed by atoms with van der Waals surface area (Å²) in [5, 5.41) is 6.46. The molecular formula is C18H23Cl2N3O2S. The fourth-order valence-electron chi connectivity index (χ4n) is 3.13. The molecular weight excluding hydrogens is 393 g/mol. The second-order valence-corrected chi connectivity index (χ2v) is 7.63. The summed E-state index contributed by atoms with van der Waals surface area (Å²) in [4.78, 5) is 16.8. The summed E-state index contributed by atoms with van der Waals surface area (Å²) in [6.45, 7) is 2.47. The van der Waals surface area contributed by atoms with Crippen LogP contribution < -0.4 is 11.1 Å². The Balaban J connectivity index is 0.00000243. The highest BCUT2D eigenvalue weighted by atomic mass is 35.5. The molecule has 1 saturated heterocycles. The van der Waals surface area contributed by atoms with Crippen molar-refractivity contribution >= 4 is 41.3 Å². The summed E-state index contributed by atoms with van der Waals surface area (Å²) in [7, 11) is 0. The molecule has 0 atom stereocenters. The molecule has 1 aliphatic heterocycles. The summed E-state index contributed by atoms with van der Waals surface area (Å²) < 4.78 is 5.53. The molecule has 0 bridgehead atoms. The smallest absolute Gasteiger partial charge is 0.270 e. The lowest BCUT2D eigenvalue weighted by molar-refractivity contribution is 0.0487. The van der Waals surface area contributed by atoms with E-state index in [1.54, 1.807) is 5.38 Å². The molecule has 26 heavy (non-hydrogen) atoms. The second-order valence-electron chi connectivity index (χ2n) is 6.25. The van der Waals surface area contributed by atoms with E-state index < -0.39 is 0 Å². The van der Waals surface area contributed by atoms with Crippen molar-refractivity contribution in [1.82, 2.24) is 10.3 Å². The van der Waals surface area contributed by atoms with Crippen molar-refractivity contribution in [3.05, 3.63) is 50.9 Å². The third-order valence-electron chi connectivity index (χ3n) is 4.64. The lowest BCUT2D eigenvalue weighted by Crippen LogP contribution is -2.44. The maximum absolute atomic E-state index is 12.5. The SMILES string of the molecule is Cl.NCCc1nc(C(=O)NCC2(c3ccc(Cl)cc3)CCOCC2)cs1. The van der Waals surface area contributed by atoms with Gasteiger partial charge in [0, 0.05) is 42.0 Å². The Bertz CT molecular complexity index is 715. The minimum absolute atomic E-state index is 0. The van der Waals surface area contributed by atoms with Crippen molar-refractivity contribution in [2.75, 3.05) is 26.3 Å². The second kappa shape index (κ2) is 9.67. The van der Waals surface area contributed by atoms with E-state index in [4.69, 9.17) is 22.1 Å². The summed E-state index contributed by atoms with van der Waals surface area (Å²) in [5.41, 5.74) is 7.06. The Morgan fingerprint density at radius 1 is 1.31 bits per heavy atom. The van der Waals surface area contributed by atoms with Gasteiger partial charge < -0.3 is 15.8 Å². The van der Waals surface area contributed by atoms with Crippen LogP contribution in [0, 0.1) is 0 Å². The van der Waals surface area contributed by atoms with Crippen LogP contribution in [-0.4, -0.2) is 37.2 Å². The predicted octanol–water partition coefficient (Wildman–Crippen LogP) is 3.20. The first-order valence-corrected chi connectivity index (χ1v) is 9.65. The minimum Gasteiger partial charge on any atom is -0.381 e. The van der Waals surface area contributed by atoms with Gasteiger partial charge in [0.2, 0.25) is 0 Å². The largest absolute Gasteiger partial charge is 0.381 e. The number of nitrogens with zero attached hydrogens (tertiary/aromatic N) is 1. The molecule has 3 N–H and O–H groups in total. The number of benzene rings is 1. The molecule has 142 valence electrons. The van der Waals surface area contributed by atoms with Gasteiger partial charge in [-0.15, -0.1) is 23.7 Å². The number of carbonyl (C=O) groups excluding carboxylic acids is 1. The molecule has 0 spiro atoms. The van der Waals surface area contributed by atoms with Crippen molar-refractivity contribution < 1.29 is 9.53 Å². The number of halogens is 2. The third-order valence-corrected chi connectivity index (χ3v) is 5.80. The maximum atomic E-state index is 12.5. The normalized spacial score (nSPS) is 15.9. The molecule has 1 amide bonds. The maximum Gasteiger partial charge on any atom is 0.270 e. The van der Waals surface area contributed by atoms with Crippen LogP contribution in [-0.2, 0) is 16.6 Å². The minimum atomic E-state index is -0.139. The molecule has 2 heterocycles. The molecule has 8 heteroatoms. The highest BCUT2D eigenvalue weighted by Crippen LogP contribution is 2.35. The number of amides is 1. The molecule has 0 radical (unpaired) electrons. The van der Waals surface area contributed by atoms with Crippen LogP contribution in [0.4, 0.5) is 0 Å². The molecule has 1 aromatic heterocycles. The summed E-state index contributed by atoms with van der Waals surface area (Å²) >= 11 is 7.50. The van der Waals surface area contributed by atoms with Gasteiger partial charge in [-0.2, -0.15) is 0 Å². The number of nitrogens with one attached hydrogen (secondary N) is 1. The number of ether oxygens (including phenoxy) is 1. The van der Waals surface area contributed by atoms with E-state index in [-0.39, 0.29) is 23.7 Å². The van der Waals surface area contributed by atoms with Crippen LogP contribution in [0.2, 0.25) is 5.02 Å². The summed E-state index contributed by atoms with van der Waals surface area (Å²) in [5.74, 6) is -0.139. The first-order valence-electron chi connectivity index (χ1n) is 8.39. The Hall–Kier alpha value is -1.18. The van der Waals surface area contributed by atoms with Crippen molar-refractivity contribution in [3.63, 3.8) is 0 Å². The molecule has 2 aromatic rings. The van der Waals surface area contributed by atoms with E-state index in [0.717, 1.165) is 17.8 Å². The number of thiazole rings is 1. The fraction of sp³-hybridized carbons (Fsp3) is 0.444. The van der Waals surface area contributed by atoms with Crippen molar-refractivity contribution in [3.8, 4) is 0 Å². The summed E-state index contributed by atoms with van der Waals surface area (Å²) in [6.07, 6.45) is 2.43. The van der Waals surface area contributed by atoms with E-state index >= 15 is 0 Å². The van der Waals surface area contributed by atoms with Gasteiger partial charge in [-0.3, -0.25) is 4.79 Å². The van der Waals surface area contributed by atoms with Gasteiger partial charge in [0.15, 0.2) is 0 Å². The van der Waals surface area contributed by atoms with Crippen molar-refractivity contribution in [2.24, 2.45) is 5.73 Å². The summed E-state index contributed by atoms with van der Waals surface area (Å²) in [6, 6.07) is 7.88. The van der Waals surface area contributed by atoms with Gasteiger partial charge in [0.05, 0.1) is 5.01 Å². The first-order chi connectivity index (χ1) is 12.1. The Morgan fingerprint density at radius 2 is 2.00 bits per heavy atom. The first kappa shape index (κ1) is 21.1. The Kier molecular flexibility index (Phi) is 7.85. The third kappa shape index (κ3) is 4.96. The molecule has 0 saturated carbocycles. The molecule has 3 rings (SSSR count). The van der Waals surface area contributed by atoms with Crippen molar-refractivity contribution in [2.45, 2.75) is 24.7 Å². The Morgan fingerprint density at radius 3 is 2.65 bits per heavy atom. The van der Waals surface area contributed by atoms with Crippen LogP contribution in [0.15, 0.2) is 29.6 Å². The molecule has 0 unspecified atom stereocenters. The molecule has 0 aliphatic carbocycles. The average Bonchev–Trinajstić information content (AvgIpc) is 3.10. The highest BCUT2D eigenvalue weighted by Gasteiger charge is 2.35. The van der Waals surface area contributed by atoms with E-state index in [1.807, 2.05) is 24.3 Å². The monoisotopic (exact) mass is 415 g/mol. The number of hydrogen-bond acceptors (Lipinski definition) is 5. The molecule has 1 aliphatic rings. The quantitative estimate of drug-likeness (QED) is 0.758. The van der Waals surface area contributed by atoms with Crippen LogP contribution >= 0.6 is 35.3 Å². The number of rotatable bonds is 6. The Labute approximate surface area is 168 Å². The van der Waals surface area contributed by atoms with Crippen LogP contribution in [0.25, 0.3) is 0 Å². The van der Waals surface area contributed by atoms with Crippen LogP contribution in [0.5, 0.6) is 0 Å². The fourth-order valence-corrected chi connectivity index (χ4v) is 4.05. The van der Waals surface area contributed by atoms with E-state index in [9.17, 15) is 4.79 Å². The highest BCUT2D eigenvalue weighted by molar-refractivity contribution is 7.09. The van der Waals surface area contributed by atoms with E-state index in [2.05, 4.69) is 10.3 Å². The number of aromatic nitrogens is 1. The van der Waals surface area contributed by atoms with Crippen LogP contribution in [0.1, 0.15) is 33.9 Å². The van der Waals surface area contributed by atoms with Gasteiger partial charge >= 0.3 is 0 Å². The lowest BCUT2D eigenvalue weighted by Gasteiger charge is -2.38. The number of carbonyl (C=O) groups is 1. The number of hydrogen-bond donors (Lipinski definition) is 2. The lowest BCUT2D eigenvalue weighted by atomic mass is 9.74. The molecule has 5 nitrogen and oxygen atoms in total. The topological polar surface area (TPSA) is 77.2 Å². The van der Waals surface area contributed by atoms with Crippen molar-refractivity contribution in [1.29, 1.82) is 0 Å². The average molecular weight is 416 g/mol. The van der Waals surface area contributed by atoms with Gasteiger partial charge in [-0.25, -0.2) is 4.98 Å².